The van der Waals surface area contributed by atoms with E-state index in [2.05, 4.69) is 176 Å². The van der Waals surface area contributed by atoms with Crippen LogP contribution in [0.3, 0.4) is 0 Å². The van der Waals surface area contributed by atoms with Crippen molar-refractivity contribution in [3.05, 3.63) is 176 Å². The lowest BCUT2D eigenvalue weighted by atomic mass is 9.97. The van der Waals surface area contributed by atoms with E-state index in [0.717, 1.165) is 22.3 Å². The first kappa shape index (κ1) is 32.7. The Hall–Kier alpha value is -6.57. The minimum atomic E-state index is 0.648. The highest BCUT2D eigenvalue weighted by atomic mass is 32.1. The lowest BCUT2D eigenvalue weighted by molar-refractivity contribution is 1.08. The van der Waals surface area contributed by atoms with Gasteiger partial charge in [-0.25, -0.2) is 15.0 Å². The van der Waals surface area contributed by atoms with E-state index in [1.807, 2.05) is 22.7 Å². The van der Waals surface area contributed by atoms with Crippen LogP contribution >= 0.6 is 34.0 Å². The van der Waals surface area contributed by atoms with Crippen molar-refractivity contribution in [3.8, 4) is 56.4 Å². The van der Waals surface area contributed by atoms with Gasteiger partial charge < -0.3 is 0 Å². The fourth-order valence-electron chi connectivity index (χ4n) is 8.33. The molecule has 0 bridgehead atoms. The maximum atomic E-state index is 5.27. The lowest BCUT2D eigenvalue weighted by Gasteiger charge is -2.11. The van der Waals surface area contributed by atoms with Gasteiger partial charge in [-0.05, 0) is 64.7 Å². The predicted octanol–water partition coefficient (Wildman–Crippen LogP) is 15.3. The molecule has 0 fully saturated rings. The van der Waals surface area contributed by atoms with Gasteiger partial charge in [0.25, 0.3) is 0 Å². The maximum absolute atomic E-state index is 5.27. The van der Waals surface area contributed by atoms with Crippen molar-refractivity contribution in [1.82, 2.24) is 15.0 Å². The fraction of sp³-hybridized carbons (Fsp3) is 0. The highest BCUT2D eigenvalue weighted by molar-refractivity contribution is 7.27. The quantitative estimate of drug-likeness (QED) is 0.175. The van der Waals surface area contributed by atoms with E-state index in [-0.39, 0.29) is 0 Å². The molecule has 266 valence electrons. The Bertz CT molecular complexity index is 3540. The summed E-state index contributed by atoms with van der Waals surface area (Å²) >= 11 is 5.48. The Kier molecular flexibility index (Phi) is 7.45. The van der Waals surface area contributed by atoms with E-state index < -0.39 is 0 Å². The molecule has 0 radical (unpaired) electrons. The molecule has 0 atom stereocenters. The molecule has 3 nitrogen and oxygen atoms in total. The molecule has 0 spiro atoms. The number of rotatable bonds is 5. The number of aromatic nitrogens is 3. The molecular formula is C51H29N3S3. The van der Waals surface area contributed by atoms with Gasteiger partial charge in [0.1, 0.15) is 0 Å². The van der Waals surface area contributed by atoms with Crippen LogP contribution in [0, 0.1) is 0 Å². The summed E-state index contributed by atoms with van der Waals surface area (Å²) in [6, 6.07) is 63.1. The highest BCUT2D eigenvalue weighted by Crippen LogP contribution is 2.43. The zero-order valence-corrected chi connectivity index (χ0v) is 32.8. The molecule has 57 heavy (non-hydrogen) atoms. The number of fused-ring (bicyclic) bond motifs is 9. The van der Waals surface area contributed by atoms with Gasteiger partial charge in [0.05, 0.1) is 0 Å². The molecule has 0 aliphatic heterocycles. The monoisotopic (exact) mass is 779 g/mol. The number of nitrogens with zero attached hydrogens (tertiary/aromatic N) is 3. The average molecular weight is 780 g/mol. The van der Waals surface area contributed by atoms with E-state index in [1.54, 1.807) is 11.3 Å². The number of benzene rings is 8. The molecule has 0 saturated heterocycles. The average Bonchev–Trinajstić information content (AvgIpc) is 3.98. The van der Waals surface area contributed by atoms with Crippen molar-refractivity contribution in [1.29, 1.82) is 0 Å². The molecule has 4 aromatic heterocycles. The van der Waals surface area contributed by atoms with Crippen LogP contribution < -0.4 is 0 Å². The Labute approximate surface area is 339 Å². The van der Waals surface area contributed by atoms with E-state index in [9.17, 15) is 0 Å². The molecule has 0 N–H and O–H groups in total. The zero-order chi connectivity index (χ0) is 37.5. The first-order valence-corrected chi connectivity index (χ1v) is 21.4. The molecular weight excluding hydrogens is 751 g/mol. The van der Waals surface area contributed by atoms with Gasteiger partial charge >= 0.3 is 0 Å². The molecule has 0 unspecified atom stereocenters. The van der Waals surface area contributed by atoms with Crippen LogP contribution in [0.5, 0.6) is 0 Å². The summed E-state index contributed by atoms with van der Waals surface area (Å²) in [6.45, 7) is 0. The van der Waals surface area contributed by atoms with Gasteiger partial charge in [0.2, 0.25) is 0 Å². The Balaban J connectivity index is 1.03. The second kappa shape index (κ2) is 13.0. The summed E-state index contributed by atoms with van der Waals surface area (Å²) in [4.78, 5) is 15.7. The third kappa shape index (κ3) is 5.33. The number of thiophene rings is 3. The number of hydrogen-bond donors (Lipinski definition) is 0. The first-order valence-electron chi connectivity index (χ1n) is 18.9. The van der Waals surface area contributed by atoms with Crippen LogP contribution in [0.1, 0.15) is 0 Å². The van der Waals surface area contributed by atoms with E-state index in [1.165, 1.54) is 77.2 Å². The van der Waals surface area contributed by atoms with Crippen molar-refractivity contribution in [2.45, 2.75) is 0 Å². The second-order valence-electron chi connectivity index (χ2n) is 14.3. The summed E-state index contributed by atoms with van der Waals surface area (Å²) < 4.78 is 7.61. The Morgan fingerprint density at radius 3 is 1.42 bits per heavy atom. The van der Waals surface area contributed by atoms with Crippen molar-refractivity contribution in [2.75, 3.05) is 0 Å². The maximum Gasteiger partial charge on any atom is 0.165 e. The molecule has 12 aromatic rings. The molecule has 0 aliphatic carbocycles. The second-order valence-corrected chi connectivity index (χ2v) is 17.5. The third-order valence-corrected chi connectivity index (χ3v) is 14.5. The van der Waals surface area contributed by atoms with Gasteiger partial charge in [0, 0.05) is 77.2 Å². The fourth-order valence-corrected chi connectivity index (χ4v) is 11.8. The first-order chi connectivity index (χ1) is 28.2. The summed E-state index contributed by atoms with van der Waals surface area (Å²) in [5, 5.41) is 7.64. The van der Waals surface area contributed by atoms with E-state index in [4.69, 9.17) is 15.0 Å². The van der Waals surface area contributed by atoms with Crippen molar-refractivity contribution in [3.63, 3.8) is 0 Å². The Morgan fingerprint density at radius 1 is 0.281 bits per heavy atom. The van der Waals surface area contributed by atoms with Crippen LogP contribution in [0.4, 0.5) is 0 Å². The minimum Gasteiger partial charge on any atom is -0.208 e. The van der Waals surface area contributed by atoms with Gasteiger partial charge in [-0.2, -0.15) is 0 Å². The smallest absolute Gasteiger partial charge is 0.165 e. The van der Waals surface area contributed by atoms with E-state index in [0.29, 0.717) is 17.5 Å². The predicted molar refractivity (Wildman–Crippen MR) is 246 cm³/mol. The molecule has 12 rings (SSSR count). The molecule has 0 amide bonds. The Morgan fingerprint density at radius 2 is 0.737 bits per heavy atom. The van der Waals surface area contributed by atoms with Crippen molar-refractivity contribution >= 4 is 94.5 Å². The van der Waals surface area contributed by atoms with Crippen LogP contribution in [0.2, 0.25) is 0 Å². The van der Waals surface area contributed by atoms with Gasteiger partial charge in [0.15, 0.2) is 17.5 Å². The largest absolute Gasteiger partial charge is 0.208 e. The summed E-state index contributed by atoms with van der Waals surface area (Å²) in [7, 11) is 0. The highest BCUT2D eigenvalue weighted by Gasteiger charge is 2.19. The van der Waals surface area contributed by atoms with Gasteiger partial charge in [-0.3, -0.25) is 0 Å². The molecule has 8 aromatic carbocycles. The lowest BCUT2D eigenvalue weighted by Crippen LogP contribution is -2.00. The minimum absolute atomic E-state index is 0.648. The van der Waals surface area contributed by atoms with Crippen molar-refractivity contribution < 1.29 is 0 Å². The molecule has 4 heterocycles. The normalized spacial score (nSPS) is 11.9. The van der Waals surface area contributed by atoms with E-state index >= 15 is 0 Å². The van der Waals surface area contributed by atoms with Gasteiger partial charge in [-0.15, -0.1) is 34.0 Å². The summed E-state index contributed by atoms with van der Waals surface area (Å²) in [6.07, 6.45) is 0. The summed E-state index contributed by atoms with van der Waals surface area (Å²) in [5.41, 5.74) is 7.65. The van der Waals surface area contributed by atoms with Gasteiger partial charge in [-0.1, -0.05) is 133 Å². The van der Waals surface area contributed by atoms with Crippen LogP contribution in [0.15, 0.2) is 176 Å². The van der Waals surface area contributed by atoms with Crippen LogP contribution in [-0.2, 0) is 0 Å². The molecule has 0 saturated carbocycles. The topological polar surface area (TPSA) is 38.7 Å². The number of hydrogen-bond acceptors (Lipinski definition) is 6. The SMILES string of the molecule is c1cc(-c2nc(-c3ccc(-c4cccc5sc6ccccc6c45)cc3)nc(-c3cccc4c3sc3ccccc34)n2)cc(-c2cccc3sc4ccccc4c23)c1. The van der Waals surface area contributed by atoms with Crippen LogP contribution in [0.25, 0.3) is 117 Å². The summed E-state index contributed by atoms with van der Waals surface area (Å²) in [5.74, 6) is 1.97. The third-order valence-electron chi connectivity index (χ3n) is 11.0. The molecule has 0 aliphatic rings. The standard InChI is InChI=1S/C51H29N3S3/c1-4-20-41-36(13-1)37-18-8-19-40(48(37)57-41)51-53-49(31-27-25-30(26-28-31)34-16-9-23-44-46(34)38-14-2-5-21-42(38)55-44)52-50(54-51)33-12-7-11-32(29-33)35-17-10-24-45-47(35)39-15-3-6-22-43(39)56-45/h1-29H. The molecule has 6 heteroatoms. The zero-order valence-electron chi connectivity index (χ0n) is 30.3. The van der Waals surface area contributed by atoms with Crippen LogP contribution in [-0.4, -0.2) is 15.0 Å². The van der Waals surface area contributed by atoms with Crippen molar-refractivity contribution in [2.24, 2.45) is 0 Å².